The van der Waals surface area contributed by atoms with Crippen molar-refractivity contribution in [1.29, 1.82) is 0 Å². The second-order valence-corrected chi connectivity index (χ2v) is 5.37. The molecule has 0 saturated carbocycles. The Morgan fingerprint density at radius 2 is 1.95 bits per heavy atom. The van der Waals surface area contributed by atoms with Crippen molar-refractivity contribution >= 4 is 28.6 Å². The van der Waals surface area contributed by atoms with Gasteiger partial charge in [0.2, 0.25) is 0 Å². The quantitative estimate of drug-likeness (QED) is 0.778. The maximum absolute atomic E-state index is 11.2. The van der Waals surface area contributed by atoms with E-state index in [1.807, 2.05) is 36.6 Å². The van der Waals surface area contributed by atoms with Gasteiger partial charge < -0.3 is 5.11 Å². The second kappa shape index (κ2) is 4.90. The van der Waals surface area contributed by atoms with Gasteiger partial charge in [-0.3, -0.25) is 4.57 Å². The van der Waals surface area contributed by atoms with E-state index in [0.717, 1.165) is 28.1 Å². The first-order valence-corrected chi connectivity index (χ1v) is 6.84. The van der Waals surface area contributed by atoms with Crippen molar-refractivity contribution in [2.75, 3.05) is 0 Å². The Hall–Kier alpha value is -2.33. The van der Waals surface area contributed by atoms with Crippen LogP contribution in [-0.4, -0.2) is 20.6 Å². The van der Waals surface area contributed by atoms with E-state index in [-0.39, 0.29) is 5.56 Å². The monoisotopic (exact) mass is 300 g/mol. The Morgan fingerprint density at radius 1 is 1.19 bits per heavy atom. The molecule has 0 fully saturated rings. The molecule has 0 amide bonds. The summed E-state index contributed by atoms with van der Waals surface area (Å²) in [4.78, 5) is 15.7. The van der Waals surface area contributed by atoms with Crippen LogP contribution in [0.2, 0.25) is 5.02 Å². The highest BCUT2D eigenvalue weighted by Gasteiger charge is 2.14. The molecular weight excluding hydrogens is 288 g/mol. The van der Waals surface area contributed by atoms with E-state index in [0.29, 0.717) is 5.02 Å². The van der Waals surface area contributed by atoms with E-state index < -0.39 is 5.97 Å². The molecule has 0 bridgehead atoms. The van der Waals surface area contributed by atoms with Crippen LogP contribution >= 0.6 is 11.6 Å². The minimum atomic E-state index is -0.954. The number of nitrogens with zero attached hydrogens (tertiary/aromatic N) is 2. The lowest BCUT2D eigenvalue weighted by atomic mass is 10.1. The molecule has 21 heavy (non-hydrogen) atoms. The molecule has 3 aromatic rings. The second-order valence-electron chi connectivity index (χ2n) is 4.93. The summed E-state index contributed by atoms with van der Waals surface area (Å²) in [6.45, 7) is 3.87. The van der Waals surface area contributed by atoms with Gasteiger partial charge in [0.15, 0.2) is 0 Å². The number of carboxylic acids is 1. The average Bonchev–Trinajstić information content (AvgIpc) is 2.76. The van der Waals surface area contributed by atoms with Gasteiger partial charge in [-0.15, -0.1) is 0 Å². The van der Waals surface area contributed by atoms with Crippen molar-refractivity contribution in [3.05, 3.63) is 58.4 Å². The molecular formula is C16H13ClN2O2. The van der Waals surface area contributed by atoms with E-state index in [1.165, 1.54) is 0 Å². The number of aryl methyl sites for hydroxylation is 2. The zero-order chi connectivity index (χ0) is 15.1. The predicted molar refractivity (Wildman–Crippen MR) is 82.5 cm³/mol. The lowest BCUT2D eigenvalue weighted by Crippen LogP contribution is -2.01. The van der Waals surface area contributed by atoms with Gasteiger partial charge >= 0.3 is 5.97 Å². The topological polar surface area (TPSA) is 55.1 Å². The first-order valence-electron chi connectivity index (χ1n) is 6.46. The molecule has 0 aliphatic heterocycles. The van der Waals surface area contributed by atoms with Crippen molar-refractivity contribution in [1.82, 2.24) is 9.55 Å². The third kappa shape index (κ3) is 2.28. The molecule has 0 spiro atoms. The molecule has 3 rings (SSSR count). The Bertz CT molecular complexity index is 868. The predicted octanol–water partition coefficient (Wildman–Crippen LogP) is 3.99. The molecule has 5 heteroatoms. The summed E-state index contributed by atoms with van der Waals surface area (Å²) in [5.74, 6) is -0.164. The molecule has 0 aliphatic rings. The smallest absolute Gasteiger partial charge is 0.335 e. The van der Waals surface area contributed by atoms with Crippen molar-refractivity contribution < 1.29 is 9.90 Å². The van der Waals surface area contributed by atoms with Gasteiger partial charge in [0.25, 0.3) is 0 Å². The number of hydrogen-bond donors (Lipinski definition) is 1. The molecule has 1 N–H and O–H groups in total. The number of fused-ring (bicyclic) bond motifs is 1. The van der Waals surface area contributed by atoms with Crippen LogP contribution in [0.3, 0.4) is 0 Å². The Balaban J connectivity index is 2.35. The first kappa shape index (κ1) is 13.6. The maximum Gasteiger partial charge on any atom is 0.335 e. The third-order valence-electron chi connectivity index (χ3n) is 3.48. The van der Waals surface area contributed by atoms with Crippen LogP contribution < -0.4 is 0 Å². The zero-order valence-electron chi connectivity index (χ0n) is 11.6. The molecule has 0 unspecified atom stereocenters. The van der Waals surface area contributed by atoms with Crippen LogP contribution in [0.1, 0.15) is 21.7 Å². The van der Waals surface area contributed by atoms with Gasteiger partial charge in [0, 0.05) is 5.02 Å². The largest absolute Gasteiger partial charge is 0.478 e. The lowest BCUT2D eigenvalue weighted by molar-refractivity contribution is 0.0697. The van der Waals surface area contributed by atoms with Crippen LogP contribution in [0.15, 0.2) is 36.4 Å². The summed E-state index contributed by atoms with van der Waals surface area (Å²) in [5, 5.41) is 9.79. The highest BCUT2D eigenvalue weighted by molar-refractivity contribution is 6.30. The Kier molecular flexibility index (Phi) is 3.18. The normalized spacial score (nSPS) is 11.0. The van der Waals surface area contributed by atoms with Gasteiger partial charge in [0.05, 0.1) is 22.3 Å². The molecule has 106 valence electrons. The SMILES string of the molecule is Cc1ccc(Cl)cc1-n1c(C)nc2ccc(C(=O)O)cc21. The molecule has 1 aromatic heterocycles. The van der Waals surface area contributed by atoms with Gasteiger partial charge in [-0.1, -0.05) is 17.7 Å². The van der Waals surface area contributed by atoms with E-state index in [9.17, 15) is 4.79 Å². The number of aromatic nitrogens is 2. The highest BCUT2D eigenvalue weighted by atomic mass is 35.5. The van der Waals surface area contributed by atoms with E-state index in [4.69, 9.17) is 16.7 Å². The van der Waals surface area contributed by atoms with Crippen LogP contribution in [0.25, 0.3) is 16.7 Å². The summed E-state index contributed by atoms with van der Waals surface area (Å²) < 4.78 is 1.93. The number of aromatic carboxylic acids is 1. The fraction of sp³-hybridized carbons (Fsp3) is 0.125. The lowest BCUT2D eigenvalue weighted by Gasteiger charge is -2.11. The fourth-order valence-electron chi connectivity index (χ4n) is 2.46. The molecule has 0 aliphatic carbocycles. The Labute approximate surface area is 126 Å². The standard InChI is InChI=1S/C16H13ClN2O2/c1-9-3-5-12(17)8-14(9)19-10(2)18-13-6-4-11(16(20)21)7-15(13)19/h3-8H,1-2H3,(H,20,21). The molecule has 0 saturated heterocycles. The van der Waals surface area contributed by atoms with E-state index >= 15 is 0 Å². The van der Waals surface area contributed by atoms with Crippen LogP contribution in [0.5, 0.6) is 0 Å². The summed E-state index contributed by atoms with van der Waals surface area (Å²) in [6, 6.07) is 10.5. The minimum absolute atomic E-state index is 0.239. The van der Waals surface area contributed by atoms with Gasteiger partial charge in [0.1, 0.15) is 5.82 Å². The molecule has 4 nitrogen and oxygen atoms in total. The molecule has 2 aromatic carbocycles. The molecule has 1 heterocycles. The minimum Gasteiger partial charge on any atom is -0.478 e. The number of carboxylic acid groups (broad SMARTS) is 1. The number of benzene rings is 2. The summed E-state index contributed by atoms with van der Waals surface area (Å²) in [7, 11) is 0. The maximum atomic E-state index is 11.2. The number of carbonyl (C=O) groups is 1. The van der Waals surface area contributed by atoms with E-state index in [1.54, 1.807) is 18.2 Å². The molecule has 0 radical (unpaired) electrons. The van der Waals surface area contributed by atoms with Crippen molar-refractivity contribution in [3.63, 3.8) is 0 Å². The van der Waals surface area contributed by atoms with Crippen LogP contribution in [0, 0.1) is 13.8 Å². The number of rotatable bonds is 2. The summed E-state index contributed by atoms with van der Waals surface area (Å²) >= 11 is 6.09. The van der Waals surface area contributed by atoms with Gasteiger partial charge in [-0.25, -0.2) is 9.78 Å². The highest BCUT2D eigenvalue weighted by Crippen LogP contribution is 2.26. The van der Waals surface area contributed by atoms with Crippen LogP contribution in [0.4, 0.5) is 0 Å². The summed E-state index contributed by atoms with van der Waals surface area (Å²) in [5.41, 5.74) is 3.71. The van der Waals surface area contributed by atoms with Crippen molar-refractivity contribution in [3.8, 4) is 5.69 Å². The van der Waals surface area contributed by atoms with Gasteiger partial charge in [-0.2, -0.15) is 0 Å². The molecule has 0 atom stereocenters. The zero-order valence-corrected chi connectivity index (χ0v) is 12.3. The van der Waals surface area contributed by atoms with Crippen molar-refractivity contribution in [2.24, 2.45) is 0 Å². The number of halogens is 1. The Morgan fingerprint density at radius 3 is 2.67 bits per heavy atom. The third-order valence-corrected chi connectivity index (χ3v) is 3.72. The number of hydrogen-bond acceptors (Lipinski definition) is 2. The van der Waals surface area contributed by atoms with Crippen LogP contribution in [-0.2, 0) is 0 Å². The number of imidazole rings is 1. The van der Waals surface area contributed by atoms with Gasteiger partial charge in [-0.05, 0) is 49.7 Å². The fourth-order valence-corrected chi connectivity index (χ4v) is 2.62. The summed E-state index contributed by atoms with van der Waals surface area (Å²) in [6.07, 6.45) is 0. The first-order chi connectivity index (χ1) is 9.97. The van der Waals surface area contributed by atoms with Crippen molar-refractivity contribution in [2.45, 2.75) is 13.8 Å². The average molecular weight is 301 g/mol. The van der Waals surface area contributed by atoms with E-state index in [2.05, 4.69) is 4.98 Å².